The van der Waals surface area contributed by atoms with Gasteiger partial charge in [0, 0.05) is 11.4 Å². The SMILES string of the molecule is Cc1cc(CNC(=O)c2nc3sc4c(c3c(=O)[nH]2)CCC4)ccc1F. The smallest absolute Gasteiger partial charge is 0.287 e. The Balaban J connectivity index is 1.58. The number of benzene rings is 1. The minimum absolute atomic E-state index is 0.0104. The van der Waals surface area contributed by atoms with E-state index in [4.69, 9.17) is 0 Å². The molecular weight excluding hydrogens is 341 g/mol. The van der Waals surface area contributed by atoms with Gasteiger partial charge < -0.3 is 10.3 Å². The quantitative estimate of drug-likeness (QED) is 0.757. The number of nitrogens with zero attached hydrogens (tertiary/aromatic N) is 1. The summed E-state index contributed by atoms with van der Waals surface area (Å²) < 4.78 is 13.3. The van der Waals surface area contributed by atoms with Gasteiger partial charge in [-0.15, -0.1) is 11.3 Å². The third-order valence-electron chi connectivity index (χ3n) is 4.47. The fourth-order valence-electron chi connectivity index (χ4n) is 3.19. The lowest BCUT2D eigenvalue weighted by molar-refractivity contribution is 0.0940. The molecule has 3 aromatic rings. The molecule has 128 valence electrons. The highest BCUT2D eigenvalue weighted by Crippen LogP contribution is 2.34. The first kappa shape index (κ1) is 16.0. The van der Waals surface area contributed by atoms with Crippen molar-refractivity contribution in [3.8, 4) is 0 Å². The van der Waals surface area contributed by atoms with Crippen molar-refractivity contribution >= 4 is 27.5 Å². The standard InChI is InChI=1S/C18H16FN3O2S/c1-9-7-10(5-6-12(9)19)8-20-17(24)15-21-16(23)14-11-3-2-4-13(11)25-18(14)22-15/h5-7H,2-4,8H2,1H3,(H,20,24)(H,21,22,23). The van der Waals surface area contributed by atoms with Crippen molar-refractivity contribution in [3.63, 3.8) is 0 Å². The third kappa shape index (κ3) is 2.84. The Morgan fingerprint density at radius 1 is 1.40 bits per heavy atom. The van der Waals surface area contributed by atoms with Gasteiger partial charge in [-0.05, 0) is 48.9 Å². The van der Waals surface area contributed by atoms with Crippen LogP contribution in [0.15, 0.2) is 23.0 Å². The van der Waals surface area contributed by atoms with E-state index in [2.05, 4.69) is 15.3 Å². The van der Waals surface area contributed by atoms with E-state index in [1.165, 1.54) is 22.3 Å². The molecule has 2 N–H and O–H groups in total. The summed E-state index contributed by atoms with van der Waals surface area (Å²) in [5, 5.41) is 3.34. The van der Waals surface area contributed by atoms with Gasteiger partial charge in [-0.25, -0.2) is 9.37 Å². The summed E-state index contributed by atoms with van der Waals surface area (Å²) in [6, 6.07) is 4.67. The van der Waals surface area contributed by atoms with Crippen LogP contribution >= 0.6 is 11.3 Å². The second-order valence-electron chi connectivity index (χ2n) is 6.22. The molecule has 0 spiro atoms. The van der Waals surface area contributed by atoms with Gasteiger partial charge in [0.25, 0.3) is 11.5 Å². The van der Waals surface area contributed by atoms with Crippen LogP contribution in [0.5, 0.6) is 0 Å². The molecule has 1 aliphatic carbocycles. The lowest BCUT2D eigenvalue weighted by atomic mass is 10.1. The average molecular weight is 357 g/mol. The van der Waals surface area contributed by atoms with Crippen LogP contribution < -0.4 is 10.9 Å². The molecule has 0 saturated heterocycles. The number of aryl methyl sites for hydroxylation is 3. The normalized spacial score (nSPS) is 13.2. The van der Waals surface area contributed by atoms with E-state index in [0.29, 0.717) is 15.8 Å². The van der Waals surface area contributed by atoms with Crippen molar-refractivity contribution < 1.29 is 9.18 Å². The number of amides is 1. The van der Waals surface area contributed by atoms with Crippen LogP contribution in [0.4, 0.5) is 4.39 Å². The van der Waals surface area contributed by atoms with Gasteiger partial charge in [0.2, 0.25) is 5.82 Å². The number of H-pyrrole nitrogens is 1. The number of hydrogen-bond donors (Lipinski definition) is 2. The predicted octanol–water partition coefficient (Wildman–Crippen LogP) is 2.85. The monoisotopic (exact) mass is 357 g/mol. The van der Waals surface area contributed by atoms with Crippen molar-refractivity contribution in [2.45, 2.75) is 32.7 Å². The number of aromatic nitrogens is 2. The van der Waals surface area contributed by atoms with Crippen LogP contribution in [0.3, 0.4) is 0 Å². The zero-order valence-electron chi connectivity index (χ0n) is 13.6. The fraction of sp³-hybridized carbons (Fsp3) is 0.278. The van der Waals surface area contributed by atoms with Crippen LogP contribution in [0.2, 0.25) is 0 Å². The molecule has 7 heteroatoms. The number of carbonyl (C=O) groups excluding carboxylic acids is 1. The number of carbonyl (C=O) groups is 1. The maximum absolute atomic E-state index is 13.3. The maximum Gasteiger partial charge on any atom is 0.287 e. The topological polar surface area (TPSA) is 74.8 Å². The highest BCUT2D eigenvalue weighted by atomic mass is 32.1. The number of rotatable bonds is 3. The molecule has 0 radical (unpaired) electrons. The van der Waals surface area contributed by atoms with Crippen LogP contribution in [-0.2, 0) is 19.4 Å². The predicted molar refractivity (Wildman–Crippen MR) is 94.6 cm³/mol. The van der Waals surface area contributed by atoms with Gasteiger partial charge in [-0.1, -0.05) is 12.1 Å². The van der Waals surface area contributed by atoms with Crippen LogP contribution in [0.25, 0.3) is 10.2 Å². The fourth-order valence-corrected chi connectivity index (χ4v) is 4.45. The Bertz CT molecular complexity index is 1050. The van der Waals surface area contributed by atoms with Crippen LogP contribution in [0.1, 0.15) is 38.6 Å². The van der Waals surface area contributed by atoms with Gasteiger partial charge in [-0.2, -0.15) is 0 Å². The number of thiophene rings is 1. The molecule has 0 fully saturated rings. The van der Waals surface area contributed by atoms with Crippen molar-refractivity contribution in [2.24, 2.45) is 0 Å². The summed E-state index contributed by atoms with van der Waals surface area (Å²) in [5.74, 6) is -0.719. The molecule has 1 aromatic carbocycles. The molecule has 0 bridgehead atoms. The second-order valence-corrected chi connectivity index (χ2v) is 7.30. The first-order valence-corrected chi connectivity index (χ1v) is 8.92. The molecule has 1 aliphatic rings. The number of nitrogens with one attached hydrogen (secondary N) is 2. The van der Waals surface area contributed by atoms with Gasteiger partial charge in [0.05, 0.1) is 5.39 Å². The molecule has 2 aromatic heterocycles. The Hall–Kier alpha value is -2.54. The van der Waals surface area contributed by atoms with Gasteiger partial charge in [0.1, 0.15) is 10.6 Å². The molecule has 0 atom stereocenters. The highest BCUT2D eigenvalue weighted by Gasteiger charge is 2.22. The lowest BCUT2D eigenvalue weighted by Gasteiger charge is -2.06. The molecule has 0 aliphatic heterocycles. The number of hydrogen-bond acceptors (Lipinski definition) is 4. The largest absolute Gasteiger partial charge is 0.345 e. The molecule has 5 nitrogen and oxygen atoms in total. The van der Waals surface area contributed by atoms with E-state index in [0.717, 1.165) is 30.4 Å². The molecule has 1 amide bonds. The maximum atomic E-state index is 13.3. The first-order chi connectivity index (χ1) is 12.0. The number of aromatic amines is 1. The molecular formula is C18H16FN3O2S. The van der Waals surface area contributed by atoms with Crippen molar-refractivity contribution in [1.29, 1.82) is 0 Å². The van der Waals surface area contributed by atoms with Gasteiger partial charge in [-0.3, -0.25) is 9.59 Å². The summed E-state index contributed by atoms with van der Waals surface area (Å²) in [5.41, 5.74) is 2.13. The summed E-state index contributed by atoms with van der Waals surface area (Å²) in [7, 11) is 0. The zero-order valence-corrected chi connectivity index (χ0v) is 14.4. The zero-order chi connectivity index (χ0) is 17.6. The van der Waals surface area contributed by atoms with Crippen molar-refractivity contribution in [1.82, 2.24) is 15.3 Å². The van der Waals surface area contributed by atoms with Crippen molar-refractivity contribution in [2.75, 3.05) is 0 Å². The number of fused-ring (bicyclic) bond motifs is 3. The van der Waals surface area contributed by atoms with Gasteiger partial charge in [0.15, 0.2) is 0 Å². The third-order valence-corrected chi connectivity index (χ3v) is 5.65. The minimum atomic E-state index is -0.450. The van der Waals surface area contributed by atoms with E-state index in [9.17, 15) is 14.0 Å². The van der Waals surface area contributed by atoms with Crippen molar-refractivity contribution in [3.05, 3.63) is 61.8 Å². The molecule has 0 saturated carbocycles. The number of halogens is 1. The molecule has 2 heterocycles. The summed E-state index contributed by atoms with van der Waals surface area (Å²) in [6.07, 6.45) is 2.94. The Morgan fingerprint density at radius 2 is 2.24 bits per heavy atom. The molecule has 25 heavy (non-hydrogen) atoms. The van der Waals surface area contributed by atoms with E-state index >= 15 is 0 Å². The summed E-state index contributed by atoms with van der Waals surface area (Å²) in [4.78, 5) is 33.4. The highest BCUT2D eigenvalue weighted by molar-refractivity contribution is 7.18. The average Bonchev–Trinajstić information content (AvgIpc) is 3.16. The second kappa shape index (κ2) is 6.07. The van der Waals surface area contributed by atoms with E-state index in [-0.39, 0.29) is 23.7 Å². The molecule has 0 unspecified atom stereocenters. The van der Waals surface area contributed by atoms with E-state index < -0.39 is 5.91 Å². The van der Waals surface area contributed by atoms with E-state index in [1.807, 2.05) is 0 Å². The summed E-state index contributed by atoms with van der Waals surface area (Å²) in [6.45, 7) is 1.91. The minimum Gasteiger partial charge on any atom is -0.345 e. The van der Waals surface area contributed by atoms with Crippen LogP contribution in [0, 0.1) is 12.7 Å². The van der Waals surface area contributed by atoms with Gasteiger partial charge >= 0.3 is 0 Å². The van der Waals surface area contributed by atoms with Crippen LogP contribution in [-0.4, -0.2) is 15.9 Å². The molecule has 4 rings (SSSR count). The Kier molecular flexibility index (Phi) is 3.88. The Morgan fingerprint density at radius 3 is 3.04 bits per heavy atom. The van der Waals surface area contributed by atoms with E-state index in [1.54, 1.807) is 19.1 Å². The summed E-state index contributed by atoms with van der Waals surface area (Å²) >= 11 is 1.50. The Labute approximate surface area is 146 Å². The lowest BCUT2D eigenvalue weighted by Crippen LogP contribution is -2.27. The first-order valence-electron chi connectivity index (χ1n) is 8.10.